The predicted molar refractivity (Wildman–Crippen MR) is 69.7 cm³/mol. The van der Waals surface area contributed by atoms with Gasteiger partial charge in [0, 0.05) is 12.1 Å². The lowest BCUT2D eigenvalue weighted by atomic mass is 9.93. The summed E-state index contributed by atoms with van der Waals surface area (Å²) < 4.78 is 5.88. The summed E-state index contributed by atoms with van der Waals surface area (Å²) in [5, 5.41) is 0. The van der Waals surface area contributed by atoms with Gasteiger partial charge in [-0.1, -0.05) is 30.3 Å². The van der Waals surface area contributed by atoms with E-state index in [4.69, 9.17) is 16.2 Å². The third kappa shape index (κ3) is 3.28. The summed E-state index contributed by atoms with van der Waals surface area (Å²) in [6.07, 6.45) is 3.11. The fourth-order valence-corrected chi connectivity index (χ4v) is 2.37. The Hall–Kier alpha value is -0.900. The second-order valence-electron chi connectivity index (χ2n) is 4.97. The second-order valence-corrected chi connectivity index (χ2v) is 4.97. The maximum absolute atomic E-state index is 6.22. The van der Waals surface area contributed by atoms with Crippen LogP contribution < -0.4 is 11.5 Å². The zero-order valence-corrected chi connectivity index (χ0v) is 10.4. The molecule has 0 bridgehead atoms. The molecule has 0 amide bonds. The summed E-state index contributed by atoms with van der Waals surface area (Å²) in [6, 6.07) is 10.6. The Bertz CT molecular complexity index is 341. The number of benzene rings is 1. The van der Waals surface area contributed by atoms with E-state index in [2.05, 4.69) is 12.1 Å². The number of nitrogens with two attached hydrogens (primary N) is 2. The normalized spacial score (nSPS) is 31.1. The predicted octanol–water partition coefficient (Wildman–Crippen LogP) is 1.45. The molecular formula is C14H22N2O. The number of ether oxygens (including phenoxy) is 1. The zero-order valence-electron chi connectivity index (χ0n) is 10.4. The molecule has 1 aromatic carbocycles. The van der Waals surface area contributed by atoms with Crippen LogP contribution in [0.25, 0.3) is 0 Å². The third-order valence-electron chi connectivity index (χ3n) is 3.57. The summed E-state index contributed by atoms with van der Waals surface area (Å²) in [7, 11) is 0. The van der Waals surface area contributed by atoms with Gasteiger partial charge in [0.1, 0.15) is 0 Å². The topological polar surface area (TPSA) is 61.3 Å². The standard InChI is InChI=1S/C14H22N2O/c1-10-12(15)7-8-14(17-10)13(16)9-11-5-3-2-4-6-11/h2-6,10,12-14H,7-9,15-16H2,1H3/t10-,12-,13?,14?/m1/s1. The first-order valence-corrected chi connectivity index (χ1v) is 6.37. The minimum Gasteiger partial charge on any atom is -0.372 e. The second kappa shape index (κ2) is 5.63. The van der Waals surface area contributed by atoms with Crippen LogP contribution in [0.3, 0.4) is 0 Å². The lowest BCUT2D eigenvalue weighted by Gasteiger charge is -2.35. The van der Waals surface area contributed by atoms with Crippen LogP contribution in [0.1, 0.15) is 25.3 Å². The molecule has 94 valence electrons. The zero-order chi connectivity index (χ0) is 12.3. The first kappa shape index (κ1) is 12.6. The van der Waals surface area contributed by atoms with Gasteiger partial charge in [0.05, 0.1) is 12.2 Å². The summed E-state index contributed by atoms with van der Waals surface area (Å²) in [4.78, 5) is 0. The SMILES string of the molecule is C[C@H]1OC(C(N)Cc2ccccc2)CC[C@H]1N. The summed E-state index contributed by atoms with van der Waals surface area (Å²) in [5.41, 5.74) is 13.4. The highest BCUT2D eigenvalue weighted by Gasteiger charge is 2.29. The number of hydrogen-bond acceptors (Lipinski definition) is 3. The van der Waals surface area contributed by atoms with E-state index in [-0.39, 0.29) is 24.3 Å². The highest BCUT2D eigenvalue weighted by Crippen LogP contribution is 2.21. The molecule has 0 saturated carbocycles. The maximum atomic E-state index is 6.22. The van der Waals surface area contributed by atoms with E-state index in [0.717, 1.165) is 19.3 Å². The van der Waals surface area contributed by atoms with Gasteiger partial charge in [-0.2, -0.15) is 0 Å². The Balaban J connectivity index is 1.90. The van der Waals surface area contributed by atoms with Gasteiger partial charge in [0.15, 0.2) is 0 Å². The van der Waals surface area contributed by atoms with Gasteiger partial charge < -0.3 is 16.2 Å². The van der Waals surface area contributed by atoms with Gasteiger partial charge >= 0.3 is 0 Å². The molecule has 3 heteroatoms. The molecule has 0 spiro atoms. The lowest BCUT2D eigenvalue weighted by Crippen LogP contribution is -2.49. The Morgan fingerprint density at radius 3 is 2.65 bits per heavy atom. The maximum Gasteiger partial charge on any atom is 0.0734 e. The molecule has 0 aliphatic carbocycles. The summed E-state index contributed by atoms with van der Waals surface area (Å²) >= 11 is 0. The van der Waals surface area contributed by atoms with Crippen molar-refractivity contribution >= 4 is 0 Å². The van der Waals surface area contributed by atoms with Crippen molar-refractivity contribution in [1.82, 2.24) is 0 Å². The average Bonchev–Trinajstić information content (AvgIpc) is 2.34. The van der Waals surface area contributed by atoms with Crippen LogP contribution in [0.5, 0.6) is 0 Å². The van der Waals surface area contributed by atoms with E-state index in [1.54, 1.807) is 0 Å². The molecule has 1 aromatic rings. The van der Waals surface area contributed by atoms with Crippen molar-refractivity contribution in [3.05, 3.63) is 35.9 Å². The average molecular weight is 234 g/mol. The quantitative estimate of drug-likeness (QED) is 0.832. The van der Waals surface area contributed by atoms with Crippen LogP contribution >= 0.6 is 0 Å². The highest BCUT2D eigenvalue weighted by atomic mass is 16.5. The van der Waals surface area contributed by atoms with Crippen molar-refractivity contribution in [2.75, 3.05) is 0 Å². The van der Waals surface area contributed by atoms with Crippen LogP contribution in [-0.2, 0) is 11.2 Å². The molecule has 1 fully saturated rings. The minimum absolute atomic E-state index is 0.0624. The van der Waals surface area contributed by atoms with Gasteiger partial charge in [0.2, 0.25) is 0 Å². The van der Waals surface area contributed by atoms with Gasteiger partial charge in [-0.3, -0.25) is 0 Å². The molecule has 2 rings (SSSR count). The van der Waals surface area contributed by atoms with Gasteiger partial charge in [0.25, 0.3) is 0 Å². The minimum atomic E-state index is 0.0624. The molecule has 1 aliphatic heterocycles. The number of rotatable bonds is 3. The smallest absolute Gasteiger partial charge is 0.0734 e. The summed E-state index contributed by atoms with van der Waals surface area (Å²) in [6.45, 7) is 2.03. The number of hydrogen-bond donors (Lipinski definition) is 2. The molecule has 1 aliphatic rings. The Morgan fingerprint density at radius 1 is 1.29 bits per heavy atom. The van der Waals surface area contributed by atoms with Crippen molar-refractivity contribution in [3.63, 3.8) is 0 Å². The molecule has 4 N–H and O–H groups in total. The van der Waals surface area contributed by atoms with Crippen molar-refractivity contribution in [3.8, 4) is 0 Å². The Morgan fingerprint density at radius 2 is 2.00 bits per heavy atom. The van der Waals surface area contributed by atoms with Crippen LogP contribution in [0, 0.1) is 0 Å². The molecule has 3 nitrogen and oxygen atoms in total. The van der Waals surface area contributed by atoms with E-state index in [1.165, 1.54) is 5.56 Å². The third-order valence-corrected chi connectivity index (χ3v) is 3.57. The summed E-state index contributed by atoms with van der Waals surface area (Å²) in [5.74, 6) is 0. The molecular weight excluding hydrogens is 212 g/mol. The molecule has 1 heterocycles. The van der Waals surface area contributed by atoms with E-state index in [9.17, 15) is 0 Å². The molecule has 1 saturated heterocycles. The first-order chi connectivity index (χ1) is 8.16. The Labute approximate surface area is 103 Å². The fraction of sp³-hybridized carbons (Fsp3) is 0.571. The molecule has 0 radical (unpaired) electrons. The van der Waals surface area contributed by atoms with Crippen molar-refractivity contribution in [1.29, 1.82) is 0 Å². The van der Waals surface area contributed by atoms with E-state index < -0.39 is 0 Å². The van der Waals surface area contributed by atoms with Crippen LogP contribution in [0.4, 0.5) is 0 Å². The monoisotopic (exact) mass is 234 g/mol. The van der Waals surface area contributed by atoms with Crippen LogP contribution in [0.2, 0.25) is 0 Å². The highest BCUT2D eigenvalue weighted by molar-refractivity contribution is 5.16. The van der Waals surface area contributed by atoms with Crippen molar-refractivity contribution in [2.24, 2.45) is 11.5 Å². The van der Waals surface area contributed by atoms with Crippen LogP contribution in [-0.4, -0.2) is 24.3 Å². The van der Waals surface area contributed by atoms with Crippen molar-refractivity contribution in [2.45, 2.75) is 50.5 Å². The van der Waals surface area contributed by atoms with E-state index >= 15 is 0 Å². The molecule has 4 atom stereocenters. The van der Waals surface area contributed by atoms with Crippen LogP contribution in [0.15, 0.2) is 30.3 Å². The van der Waals surface area contributed by atoms with E-state index in [1.807, 2.05) is 25.1 Å². The fourth-order valence-electron chi connectivity index (χ4n) is 2.37. The van der Waals surface area contributed by atoms with Gasteiger partial charge in [-0.05, 0) is 31.7 Å². The van der Waals surface area contributed by atoms with Gasteiger partial charge in [-0.15, -0.1) is 0 Å². The molecule has 17 heavy (non-hydrogen) atoms. The first-order valence-electron chi connectivity index (χ1n) is 6.37. The molecule has 0 aromatic heterocycles. The van der Waals surface area contributed by atoms with E-state index in [0.29, 0.717) is 0 Å². The Kier molecular flexibility index (Phi) is 4.15. The van der Waals surface area contributed by atoms with Crippen molar-refractivity contribution < 1.29 is 4.74 Å². The lowest BCUT2D eigenvalue weighted by molar-refractivity contribution is -0.0618. The van der Waals surface area contributed by atoms with Gasteiger partial charge in [-0.25, -0.2) is 0 Å². The largest absolute Gasteiger partial charge is 0.372 e. The molecule has 2 unspecified atom stereocenters.